The number of carbonyl (C=O) groups excluding carboxylic acids is 2. The zero-order valence-electron chi connectivity index (χ0n) is 15.1. The lowest BCUT2D eigenvalue weighted by molar-refractivity contribution is -0.313. The quantitative estimate of drug-likeness (QED) is 0.764. The van der Waals surface area contributed by atoms with Gasteiger partial charge in [-0.3, -0.25) is 4.79 Å². The maximum absolute atomic E-state index is 12.5. The minimum absolute atomic E-state index is 0.157. The molecule has 0 bridgehead atoms. The number of carbonyl (C=O) groups is 2. The third kappa shape index (κ3) is 4.42. The van der Waals surface area contributed by atoms with Crippen LogP contribution in [-0.2, 0) is 19.6 Å². The van der Waals surface area contributed by atoms with Gasteiger partial charge in [0.2, 0.25) is 15.9 Å². The van der Waals surface area contributed by atoms with Crippen LogP contribution < -0.4 is 10.4 Å². The number of nitrogens with one attached hydrogen (secondary N) is 1. The van der Waals surface area contributed by atoms with Crippen LogP contribution in [0.5, 0.6) is 0 Å². The third-order valence-electron chi connectivity index (χ3n) is 4.87. The van der Waals surface area contributed by atoms with Gasteiger partial charge in [0, 0.05) is 36.6 Å². The molecule has 1 N–H and O–H groups in total. The fourth-order valence-corrected chi connectivity index (χ4v) is 4.84. The summed E-state index contributed by atoms with van der Waals surface area (Å²) in [6.45, 7) is 4.30. The molecule has 0 saturated heterocycles. The van der Waals surface area contributed by atoms with E-state index in [0.29, 0.717) is 31.6 Å². The van der Waals surface area contributed by atoms with Crippen molar-refractivity contribution in [1.82, 2.24) is 4.31 Å². The number of carboxylic acid groups (broad SMARTS) is 1. The first-order valence-electron chi connectivity index (χ1n) is 8.93. The number of anilines is 1. The molecule has 0 radical (unpaired) electrons. The highest BCUT2D eigenvalue weighted by molar-refractivity contribution is 7.89. The smallest absolute Gasteiger partial charge is 0.243 e. The molecule has 1 aliphatic carbocycles. The van der Waals surface area contributed by atoms with Crippen molar-refractivity contribution in [2.75, 3.05) is 18.4 Å². The first-order chi connectivity index (χ1) is 12.3. The number of benzene rings is 1. The number of rotatable bonds is 7. The average molecular weight is 381 g/mol. The Morgan fingerprint density at radius 3 is 2.12 bits per heavy atom. The van der Waals surface area contributed by atoms with Crippen LogP contribution >= 0.6 is 0 Å². The second-order valence-electron chi connectivity index (χ2n) is 6.42. The summed E-state index contributed by atoms with van der Waals surface area (Å²) in [7, 11) is -3.55. The maximum Gasteiger partial charge on any atom is 0.243 e. The van der Waals surface area contributed by atoms with Crippen molar-refractivity contribution < 1.29 is 23.1 Å². The zero-order valence-corrected chi connectivity index (χ0v) is 15.9. The first-order valence-corrected chi connectivity index (χ1v) is 10.4. The number of nitrogens with zero attached hydrogens (tertiary/aromatic N) is 1. The molecule has 0 unspecified atom stereocenters. The molecule has 0 aromatic heterocycles. The summed E-state index contributed by atoms with van der Waals surface area (Å²) in [6, 6.07) is 5.93. The predicted octanol–water partition coefficient (Wildman–Crippen LogP) is 1.21. The Bertz CT molecular complexity index is 741. The fourth-order valence-electron chi connectivity index (χ4n) is 3.38. The van der Waals surface area contributed by atoms with E-state index >= 15 is 0 Å². The molecule has 1 fully saturated rings. The molecule has 1 amide bonds. The lowest BCUT2D eigenvalue weighted by Gasteiger charge is -2.31. The molecule has 7 nitrogen and oxygen atoms in total. The van der Waals surface area contributed by atoms with E-state index in [9.17, 15) is 23.1 Å². The van der Waals surface area contributed by atoms with E-state index in [0.717, 1.165) is 12.8 Å². The minimum Gasteiger partial charge on any atom is -0.550 e. The van der Waals surface area contributed by atoms with Crippen LogP contribution in [-0.4, -0.2) is 37.7 Å². The zero-order chi connectivity index (χ0) is 19.3. The monoisotopic (exact) mass is 381 g/mol. The van der Waals surface area contributed by atoms with Crippen molar-refractivity contribution in [2.45, 2.75) is 44.4 Å². The molecule has 0 spiro atoms. The molecule has 0 heterocycles. The van der Waals surface area contributed by atoms with Crippen LogP contribution in [0.15, 0.2) is 29.2 Å². The van der Waals surface area contributed by atoms with Crippen LogP contribution in [0.2, 0.25) is 0 Å². The highest BCUT2D eigenvalue weighted by Gasteiger charge is 2.31. The van der Waals surface area contributed by atoms with Gasteiger partial charge in [-0.25, -0.2) is 8.42 Å². The van der Waals surface area contributed by atoms with Crippen LogP contribution in [0, 0.1) is 11.8 Å². The standard InChI is InChI=1S/C18H26N2O5S/c1-3-20(4-2)26(24,25)14-11-9-13(10-12-14)19-17(21)15-7-5-6-8-16(15)18(22)23/h9-12,15-16H,3-8H2,1-2H3,(H,19,21)(H,22,23)/p-1/t15-,16+/m1/s1. The molecule has 8 heteroatoms. The lowest BCUT2D eigenvalue weighted by atomic mass is 9.78. The molecule has 2 atom stereocenters. The molecule has 144 valence electrons. The van der Waals surface area contributed by atoms with Crippen LogP contribution in [0.4, 0.5) is 5.69 Å². The van der Waals surface area contributed by atoms with E-state index in [-0.39, 0.29) is 10.8 Å². The summed E-state index contributed by atoms with van der Waals surface area (Å²) in [5.41, 5.74) is 0.441. The molecular weight excluding hydrogens is 356 g/mol. The minimum atomic E-state index is -3.55. The Balaban J connectivity index is 2.11. The van der Waals surface area contributed by atoms with Gasteiger partial charge in [0.1, 0.15) is 0 Å². The van der Waals surface area contributed by atoms with Crippen molar-refractivity contribution in [3.8, 4) is 0 Å². The number of hydrogen-bond donors (Lipinski definition) is 1. The van der Waals surface area contributed by atoms with E-state index in [2.05, 4.69) is 5.32 Å². The van der Waals surface area contributed by atoms with Crippen molar-refractivity contribution in [3.63, 3.8) is 0 Å². The molecule has 1 aromatic carbocycles. The molecule has 2 rings (SSSR count). The summed E-state index contributed by atoms with van der Waals surface area (Å²) >= 11 is 0. The fraction of sp³-hybridized carbons (Fsp3) is 0.556. The number of hydrogen-bond acceptors (Lipinski definition) is 5. The molecular formula is C18H25N2O5S-. The topological polar surface area (TPSA) is 107 Å². The largest absolute Gasteiger partial charge is 0.550 e. The van der Waals surface area contributed by atoms with E-state index in [1.54, 1.807) is 13.8 Å². The summed E-state index contributed by atoms with van der Waals surface area (Å²) in [4.78, 5) is 23.8. The predicted molar refractivity (Wildman–Crippen MR) is 95.6 cm³/mol. The van der Waals surface area contributed by atoms with Gasteiger partial charge in [-0.1, -0.05) is 26.7 Å². The van der Waals surface area contributed by atoms with Crippen molar-refractivity contribution in [2.24, 2.45) is 11.8 Å². The summed E-state index contributed by atoms with van der Waals surface area (Å²) in [5.74, 6) is -2.94. The normalized spacial score (nSPS) is 20.7. The highest BCUT2D eigenvalue weighted by Crippen LogP contribution is 2.31. The Hall–Kier alpha value is -1.93. The second-order valence-corrected chi connectivity index (χ2v) is 8.36. The van der Waals surface area contributed by atoms with Gasteiger partial charge in [-0.15, -0.1) is 0 Å². The maximum atomic E-state index is 12.5. The average Bonchev–Trinajstić information content (AvgIpc) is 2.63. The summed E-state index contributed by atoms with van der Waals surface area (Å²) in [6.07, 6.45) is 2.55. The Morgan fingerprint density at radius 2 is 1.62 bits per heavy atom. The number of aliphatic carboxylic acids is 1. The summed E-state index contributed by atoms with van der Waals surface area (Å²) in [5, 5.41) is 13.9. The van der Waals surface area contributed by atoms with E-state index < -0.39 is 27.8 Å². The summed E-state index contributed by atoms with van der Waals surface area (Å²) < 4.78 is 26.3. The van der Waals surface area contributed by atoms with Crippen molar-refractivity contribution in [3.05, 3.63) is 24.3 Å². The second kappa shape index (κ2) is 8.64. The number of amides is 1. The number of sulfonamides is 1. The Morgan fingerprint density at radius 1 is 1.08 bits per heavy atom. The van der Waals surface area contributed by atoms with Gasteiger partial charge in [0.15, 0.2) is 0 Å². The molecule has 1 saturated carbocycles. The Kier molecular flexibility index (Phi) is 6.77. The van der Waals surface area contributed by atoms with E-state index in [4.69, 9.17) is 0 Å². The molecule has 1 aliphatic rings. The van der Waals surface area contributed by atoms with Crippen molar-refractivity contribution >= 4 is 27.6 Å². The third-order valence-corrected chi connectivity index (χ3v) is 6.93. The van der Waals surface area contributed by atoms with Gasteiger partial charge < -0.3 is 15.2 Å². The Labute approximate surface area is 154 Å². The van der Waals surface area contributed by atoms with Gasteiger partial charge in [-0.2, -0.15) is 4.31 Å². The van der Waals surface area contributed by atoms with Gasteiger partial charge >= 0.3 is 0 Å². The van der Waals surface area contributed by atoms with Crippen molar-refractivity contribution in [1.29, 1.82) is 0 Å². The van der Waals surface area contributed by atoms with Crippen LogP contribution in [0.1, 0.15) is 39.5 Å². The van der Waals surface area contributed by atoms with Crippen LogP contribution in [0.25, 0.3) is 0 Å². The molecule has 1 aromatic rings. The van der Waals surface area contributed by atoms with Crippen LogP contribution in [0.3, 0.4) is 0 Å². The molecule has 26 heavy (non-hydrogen) atoms. The first kappa shape index (κ1) is 20.4. The van der Waals surface area contributed by atoms with Gasteiger partial charge in [-0.05, 0) is 37.1 Å². The molecule has 0 aliphatic heterocycles. The highest BCUT2D eigenvalue weighted by atomic mass is 32.2. The van der Waals surface area contributed by atoms with E-state index in [1.807, 2.05) is 0 Å². The van der Waals surface area contributed by atoms with Gasteiger partial charge in [0.25, 0.3) is 0 Å². The lowest BCUT2D eigenvalue weighted by Crippen LogP contribution is -2.42. The van der Waals surface area contributed by atoms with E-state index in [1.165, 1.54) is 28.6 Å². The van der Waals surface area contributed by atoms with Gasteiger partial charge in [0.05, 0.1) is 4.90 Å². The SMILES string of the molecule is CCN(CC)S(=O)(=O)c1ccc(NC(=O)[C@@H]2CCCC[C@@H]2C(=O)[O-])cc1. The number of carboxylic acids is 1.